The Hall–Kier alpha value is -2.60. The fraction of sp³-hybridized carbons (Fsp3) is 0.211. The molecular formula is C19H17FN2. The predicted octanol–water partition coefficient (Wildman–Crippen LogP) is 5.07. The lowest BCUT2D eigenvalue weighted by molar-refractivity contribution is 0.618. The normalized spacial score (nSPS) is 11.1. The molecular weight excluding hydrogens is 275 g/mol. The number of fused-ring (bicyclic) bond motifs is 1. The smallest absolute Gasteiger partial charge is 0.126 e. The number of nitrogens with zero attached hydrogens (tertiary/aromatic N) is 2. The van der Waals surface area contributed by atoms with Gasteiger partial charge < -0.3 is 4.57 Å². The van der Waals surface area contributed by atoms with Gasteiger partial charge in [0.2, 0.25) is 0 Å². The number of nitriles is 1. The van der Waals surface area contributed by atoms with Gasteiger partial charge in [-0.3, -0.25) is 0 Å². The van der Waals surface area contributed by atoms with Gasteiger partial charge in [-0.1, -0.05) is 32.0 Å². The van der Waals surface area contributed by atoms with Gasteiger partial charge in [-0.2, -0.15) is 5.26 Å². The van der Waals surface area contributed by atoms with Gasteiger partial charge in [-0.25, -0.2) is 4.39 Å². The summed E-state index contributed by atoms with van der Waals surface area (Å²) in [5.41, 5.74) is 4.14. The molecule has 110 valence electrons. The first kappa shape index (κ1) is 14.3. The molecule has 0 amide bonds. The van der Waals surface area contributed by atoms with Crippen molar-refractivity contribution < 1.29 is 4.39 Å². The average Bonchev–Trinajstić information content (AvgIpc) is 2.84. The highest BCUT2D eigenvalue weighted by Gasteiger charge is 2.20. The average molecular weight is 292 g/mol. The van der Waals surface area contributed by atoms with E-state index in [0.717, 1.165) is 22.3 Å². The number of hydrogen-bond acceptors (Lipinski definition) is 1. The SMILES string of the molecule is Cc1cc(-n2c(C(C)C)c(C#N)c3ccccc32)ccc1F. The van der Waals surface area contributed by atoms with Crippen molar-refractivity contribution in [2.24, 2.45) is 0 Å². The predicted molar refractivity (Wildman–Crippen MR) is 86.8 cm³/mol. The number of rotatable bonds is 2. The molecule has 0 unspecified atom stereocenters. The van der Waals surface area contributed by atoms with E-state index in [9.17, 15) is 9.65 Å². The summed E-state index contributed by atoms with van der Waals surface area (Å²) >= 11 is 0. The minimum Gasteiger partial charge on any atom is -0.312 e. The Bertz CT molecular complexity index is 898. The Labute approximate surface area is 129 Å². The molecule has 0 atom stereocenters. The highest BCUT2D eigenvalue weighted by Crippen LogP contribution is 2.33. The lowest BCUT2D eigenvalue weighted by atomic mass is 10.0. The van der Waals surface area contributed by atoms with Crippen LogP contribution in [0.2, 0.25) is 0 Å². The molecule has 1 aromatic heterocycles. The van der Waals surface area contributed by atoms with Crippen LogP contribution >= 0.6 is 0 Å². The lowest BCUT2D eigenvalue weighted by Crippen LogP contribution is -2.04. The van der Waals surface area contributed by atoms with E-state index >= 15 is 0 Å². The van der Waals surface area contributed by atoms with Gasteiger partial charge in [0, 0.05) is 16.8 Å². The van der Waals surface area contributed by atoms with E-state index in [-0.39, 0.29) is 11.7 Å². The van der Waals surface area contributed by atoms with E-state index in [4.69, 9.17) is 0 Å². The standard InChI is InChI=1S/C19H17FN2/c1-12(2)19-16(11-21)15-6-4-5-7-18(15)22(19)14-8-9-17(20)13(3)10-14/h4-10,12H,1-3H3. The fourth-order valence-electron chi connectivity index (χ4n) is 2.97. The number of hydrogen-bond donors (Lipinski definition) is 0. The molecule has 0 spiro atoms. The highest BCUT2D eigenvalue weighted by molar-refractivity contribution is 5.90. The molecule has 0 saturated heterocycles. The van der Waals surface area contributed by atoms with Crippen LogP contribution < -0.4 is 0 Å². The summed E-state index contributed by atoms with van der Waals surface area (Å²) in [4.78, 5) is 0. The van der Waals surface area contributed by atoms with Crippen molar-refractivity contribution in [2.75, 3.05) is 0 Å². The number of halogens is 1. The first-order valence-electron chi connectivity index (χ1n) is 7.34. The maximum absolute atomic E-state index is 13.6. The second kappa shape index (κ2) is 5.31. The van der Waals surface area contributed by atoms with Crippen LogP contribution in [0.15, 0.2) is 42.5 Å². The van der Waals surface area contributed by atoms with Crippen molar-refractivity contribution in [3.05, 3.63) is 65.1 Å². The van der Waals surface area contributed by atoms with Crippen LogP contribution in [0.4, 0.5) is 4.39 Å². The van der Waals surface area contributed by atoms with Gasteiger partial charge in [0.1, 0.15) is 11.9 Å². The summed E-state index contributed by atoms with van der Waals surface area (Å²) in [6.45, 7) is 5.90. The molecule has 2 nitrogen and oxygen atoms in total. The van der Waals surface area contributed by atoms with Gasteiger partial charge in [0.05, 0.1) is 11.1 Å². The zero-order valence-electron chi connectivity index (χ0n) is 12.9. The Kier molecular flexibility index (Phi) is 3.46. The second-order valence-corrected chi connectivity index (χ2v) is 5.81. The van der Waals surface area contributed by atoms with Crippen LogP contribution in [0, 0.1) is 24.1 Å². The lowest BCUT2D eigenvalue weighted by Gasteiger charge is -2.14. The van der Waals surface area contributed by atoms with E-state index in [1.54, 1.807) is 13.0 Å². The van der Waals surface area contributed by atoms with E-state index in [1.165, 1.54) is 6.07 Å². The van der Waals surface area contributed by atoms with Crippen molar-refractivity contribution in [1.82, 2.24) is 4.57 Å². The molecule has 0 bridgehead atoms. The van der Waals surface area contributed by atoms with E-state index < -0.39 is 0 Å². The third-order valence-corrected chi connectivity index (χ3v) is 3.97. The van der Waals surface area contributed by atoms with E-state index in [0.29, 0.717) is 11.1 Å². The summed E-state index contributed by atoms with van der Waals surface area (Å²) in [5, 5.41) is 10.5. The molecule has 3 heteroatoms. The van der Waals surface area contributed by atoms with Gasteiger partial charge in [0.15, 0.2) is 0 Å². The van der Waals surface area contributed by atoms with Crippen molar-refractivity contribution in [2.45, 2.75) is 26.7 Å². The maximum Gasteiger partial charge on any atom is 0.126 e. The summed E-state index contributed by atoms with van der Waals surface area (Å²) in [6, 6.07) is 15.3. The largest absolute Gasteiger partial charge is 0.312 e. The first-order chi connectivity index (χ1) is 10.5. The van der Waals surface area contributed by atoms with Crippen molar-refractivity contribution >= 4 is 10.9 Å². The Morgan fingerprint density at radius 1 is 1.14 bits per heavy atom. The van der Waals surface area contributed by atoms with E-state index in [2.05, 4.69) is 24.5 Å². The molecule has 0 aliphatic heterocycles. The van der Waals surface area contributed by atoms with Crippen molar-refractivity contribution in [1.29, 1.82) is 5.26 Å². The molecule has 1 heterocycles. The zero-order chi connectivity index (χ0) is 15.9. The molecule has 0 aliphatic rings. The first-order valence-corrected chi connectivity index (χ1v) is 7.34. The van der Waals surface area contributed by atoms with Crippen LogP contribution in [-0.2, 0) is 0 Å². The summed E-state index contributed by atoms with van der Waals surface area (Å²) in [6.07, 6.45) is 0. The fourth-order valence-corrected chi connectivity index (χ4v) is 2.97. The van der Waals surface area contributed by atoms with Crippen LogP contribution in [0.5, 0.6) is 0 Å². The monoisotopic (exact) mass is 292 g/mol. The Morgan fingerprint density at radius 3 is 2.50 bits per heavy atom. The van der Waals surface area contributed by atoms with Crippen molar-refractivity contribution in [3.63, 3.8) is 0 Å². The third-order valence-electron chi connectivity index (χ3n) is 3.97. The molecule has 22 heavy (non-hydrogen) atoms. The molecule has 3 rings (SSSR count). The topological polar surface area (TPSA) is 28.7 Å². The van der Waals surface area contributed by atoms with Crippen LogP contribution in [0.3, 0.4) is 0 Å². The van der Waals surface area contributed by atoms with Crippen LogP contribution in [-0.4, -0.2) is 4.57 Å². The number of benzene rings is 2. The number of para-hydroxylation sites is 1. The summed E-state index contributed by atoms with van der Waals surface area (Å²) < 4.78 is 15.7. The molecule has 2 aromatic carbocycles. The molecule has 0 N–H and O–H groups in total. The van der Waals surface area contributed by atoms with Crippen molar-refractivity contribution in [3.8, 4) is 11.8 Å². The molecule has 0 saturated carbocycles. The minimum absolute atomic E-state index is 0.187. The Balaban J connectivity index is 2.44. The number of aryl methyl sites for hydroxylation is 1. The third kappa shape index (κ3) is 2.08. The van der Waals surface area contributed by atoms with Crippen LogP contribution in [0.25, 0.3) is 16.6 Å². The molecule has 0 radical (unpaired) electrons. The minimum atomic E-state index is -0.216. The molecule has 0 aliphatic carbocycles. The second-order valence-electron chi connectivity index (χ2n) is 5.81. The summed E-state index contributed by atoms with van der Waals surface area (Å²) in [7, 11) is 0. The number of aromatic nitrogens is 1. The van der Waals surface area contributed by atoms with Gasteiger partial charge >= 0.3 is 0 Å². The van der Waals surface area contributed by atoms with Gasteiger partial charge in [-0.05, 0) is 42.7 Å². The zero-order valence-corrected chi connectivity index (χ0v) is 12.9. The molecule has 0 fully saturated rings. The maximum atomic E-state index is 13.6. The highest BCUT2D eigenvalue weighted by atomic mass is 19.1. The molecule has 3 aromatic rings. The van der Waals surface area contributed by atoms with Crippen LogP contribution in [0.1, 0.15) is 36.6 Å². The quantitative estimate of drug-likeness (QED) is 0.648. The summed E-state index contributed by atoms with van der Waals surface area (Å²) in [5.74, 6) is -0.0285. The van der Waals surface area contributed by atoms with Gasteiger partial charge in [-0.15, -0.1) is 0 Å². The van der Waals surface area contributed by atoms with E-state index in [1.807, 2.05) is 30.3 Å². The van der Waals surface area contributed by atoms with Gasteiger partial charge in [0.25, 0.3) is 0 Å². The Morgan fingerprint density at radius 2 is 1.86 bits per heavy atom.